The fourth-order valence-corrected chi connectivity index (χ4v) is 6.12. The smallest absolute Gasteiger partial charge is 0.339 e. The fraction of sp³-hybridized carbons (Fsp3) is 0.227. The Morgan fingerprint density at radius 2 is 1.89 bits per heavy atom. The van der Waals surface area contributed by atoms with E-state index in [0.29, 0.717) is 22.1 Å². The quantitative estimate of drug-likeness (QED) is 0.278. The highest BCUT2D eigenvalue weighted by atomic mass is 32.2. The summed E-state index contributed by atoms with van der Waals surface area (Å²) in [5.41, 5.74) is 0.986. The number of sulfonamides is 1. The zero-order valence-electron chi connectivity index (χ0n) is 18.1. The van der Waals surface area contributed by atoms with Gasteiger partial charge >= 0.3 is 5.97 Å². The van der Waals surface area contributed by atoms with Crippen molar-refractivity contribution in [2.45, 2.75) is 36.6 Å². The van der Waals surface area contributed by atoms with Crippen molar-refractivity contribution >= 4 is 55.5 Å². The van der Waals surface area contributed by atoms with E-state index < -0.39 is 32.5 Å². The molecule has 1 aliphatic carbocycles. The zero-order valence-corrected chi connectivity index (χ0v) is 20.6. The third kappa shape index (κ3) is 5.93. The number of carboxylic acid groups (broad SMARTS) is 1. The van der Waals surface area contributed by atoms with Crippen molar-refractivity contribution in [2.24, 2.45) is 0 Å². The van der Waals surface area contributed by atoms with Gasteiger partial charge in [0.05, 0.1) is 5.69 Å². The van der Waals surface area contributed by atoms with Gasteiger partial charge in [-0.05, 0) is 55.4 Å². The minimum Gasteiger partial charge on any atom is -0.507 e. The first kappa shape index (κ1) is 25.0. The Bertz CT molecular complexity index is 1390. The van der Waals surface area contributed by atoms with Crippen LogP contribution in [0.25, 0.3) is 11.3 Å². The number of phenols is 1. The first-order valence-corrected chi connectivity index (χ1v) is 13.3. The summed E-state index contributed by atoms with van der Waals surface area (Å²) in [6.07, 6.45) is 3.35. The molecule has 13 heteroatoms. The van der Waals surface area contributed by atoms with Crippen molar-refractivity contribution < 1.29 is 27.8 Å². The largest absolute Gasteiger partial charge is 0.507 e. The number of halogens is 1. The summed E-state index contributed by atoms with van der Waals surface area (Å²) in [5, 5.41) is 26.7. The van der Waals surface area contributed by atoms with E-state index in [1.807, 2.05) is 0 Å². The number of carbonyl (C=O) groups is 1. The van der Waals surface area contributed by atoms with Gasteiger partial charge in [-0.3, -0.25) is 0 Å². The normalized spacial score (nSPS) is 14.1. The van der Waals surface area contributed by atoms with E-state index >= 15 is 0 Å². The maximum Gasteiger partial charge on any atom is 0.339 e. The van der Waals surface area contributed by atoms with Gasteiger partial charge in [0.1, 0.15) is 22.0 Å². The lowest BCUT2D eigenvalue weighted by Crippen LogP contribution is -2.33. The molecule has 0 amide bonds. The number of carboxylic acids is 1. The highest BCUT2D eigenvalue weighted by Gasteiger charge is 2.26. The number of aromatic nitrogens is 1. The summed E-state index contributed by atoms with van der Waals surface area (Å²) in [7, 11) is -4.02. The molecule has 184 valence electrons. The van der Waals surface area contributed by atoms with Gasteiger partial charge in [0.25, 0.3) is 0 Å². The van der Waals surface area contributed by atoms with Crippen LogP contribution in [0, 0.1) is 5.82 Å². The highest BCUT2D eigenvalue weighted by molar-refractivity contribution is 7.89. The minimum absolute atomic E-state index is 0.136. The molecule has 5 N–H and O–H groups in total. The van der Waals surface area contributed by atoms with Crippen LogP contribution < -0.4 is 15.4 Å². The molecule has 1 heterocycles. The van der Waals surface area contributed by atoms with Crippen molar-refractivity contribution in [1.82, 2.24) is 9.71 Å². The second kappa shape index (κ2) is 10.2. The van der Waals surface area contributed by atoms with Crippen LogP contribution in [0.15, 0.2) is 46.7 Å². The van der Waals surface area contributed by atoms with Crippen molar-refractivity contribution in [3.05, 3.63) is 53.2 Å². The molecule has 0 bridgehead atoms. The first-order chi connectivity index (χ1) is 16.6. The number of anilines is 2. The van der Waals surface area contributed by atoms with Crippen LogP contribution in [0.4, 0.5) is 15.2 Å². The van der Waals surface area contributed by atoms with E-state index in [4.69, 9.17) is 17.3 Å². The number of hydrogen-bond acceptors (Lipinski definition) is 7. The summed E-state index contributed by atoms with van der Waals surface area (Å²) in [4.78, 5) is 15.0. The average molecular weight is 537 g/mol. The molecule has 1 saturated carbocycles. The molecule has 3 aromatic rings. The summed E-state index contributed by atoms with van der Waals surface area (Å²) >= 11 is 6.44. The summed E-state index contributed by atoms with van der Waals surface area (Å²) in [5.74, 6) is -2.50. The maximum absolute atomic E-state index is 14.4. The van der Waals surface area contributed by atoms with Crippen molar-refractivity contribution in [3.63, 3.8) is 0 Å². The Labute approximate surface area is 210 Å². The van der Waals surface area contributed by atoms with Gasteiger partial charge in [-0.25, -0.2) is 27.3 Å². The molecule has 0 unspecified atom stereocenters. The Hall–Kier alpha value is -3.13. The summed E-state index contributed by atoms with van der Waals surface area (Å²) < 4.78 is 42.5. The van der Waals surface area contributed by atoms with Gasteiger partial charge in [0.15, 0.2) is 10.2 Å². The molecule has 1 aromatic heterocycles. The van der Waals surface area contributed by atoms with Crippen molar-refractivity contribution in [1.29, 1.82) is 0 Å². The van der Waals surface area contributed by atoms with Crippen LogP contribution in [-0.2, 0) is 10.0 Å². The van der Waals surface area contributed by atoms with Gasteiger partial charge in [-0.2, -0.15) is 0 Å². The standard InChI is InChI=1S/C22H21FN4O5S3/c23-16-8-5-12(9-19(16)35(31,32)27-13-3-1-2-4-13)17-11-34-22(25-17)26-21(33)24-14-6-7-15(20(29)30)18(28)10-14/h5-11,13,27-28H,1-4H2,(H,29,30)(H2,24,25,26,33). The lowest BCUT2D eigenvalue weighted by atomic mass is 10.2. The third-order valence-electron chi connectivity index (χ3n) is 5.40. The predicted molar refractivity (Wildman–Crippen MR) is 135 cm³/mol. The van der Waals surface area contributed by atoms with Crippen LogP contribution in [0.2, 0.25) is 0 Å². The number of nitrogens with zero attached hydrogens (tertiary/aromatic N) is 1. The molecule has 9 nitrogen and oxygen atoms in total. The van der Waals surface area contributed by atoms with Gasteiger partial charge < -0.3 is 20.8 Å². The Kier molecular flexibility index (Phi) is 7.31. The van der Waals surface area contributed by atoms with E-state index in [1.165, 1.54) is 41.7 Å². The van der Waals surface area contributed by atoms with Gasteiger partial charge in [0, 0.05) is 28.7 Å². The molecule has 0 saturated heterocycles. The first-order valence-electron chi connectivity index (χ1n) is 10.5. The van der Waals surface area contributed by atoms with Crippen LogP contribution in [0.3, 0.4) is 0 Å². The van der Waals surface area contributed by atoms with Crippen LogP contribution in [0.1, 0.15) is 36.0 Å². The van der Waals surface area contributed by atoms with Crippen molar-refractivity contribution in [3.8, 4) is 17.0 Å². The van der Waals surface area contributed by atoms with E-state index in [-0.39, 0.29) is 16.7 Å². The van der Waals surface area contributed by atoms with Gasteiger partial charge in [-0.15, -0.1) is 11.3 Å². The number of benzene rings is 2. The number of aromatic carboxylic acids is 1. The molecule has 35 heavy (non-hydrogen) atoms. The lowest BCUT2D eigenvalue weighted by Gasteiger charge is -2.13. The Balaban J connectivity index is 1.46. The number of rotatable bonds is 7. The molecular formula is C22H21FN4O5S3. The minimum atomic E-state index is -4.02. The maximum atomic E-state index is 14.4. The molecule has 2 aromatic carbocycles. The fourth-order valence-electron chi connectivity index (χ4n) is 3.71. The molecule has 1 aliphatic rings. The molecule has 0 spiro atoms. The monoisotopic (exact) mass is 536 g/mol. The number of nitrogens with one attached hydrogen (secondary N) is 3. The van der Waals surface area contributed by atoms with Crippen molar-refractivity contribution in [2.75, 3.05) is 10.6 Å². The summed E-state index contributed by atoms with van der Waals surface area (Å²) in [6, 6.07) is 7.54. The topological polar surface area (TPSA) is 141 Å². The molecule has 0 radical (unpaired) electrons. The van der Waals surface area contributed by atoms with E-state index in [1.54, 1.807) is 5.38 Å². The van der Waals surface area contributed by atoms with Crippen LogP contribution >= 0.6 is 23.6 Å². The van der Waals surface area contributed by atoms with E-state index in [2.05, 4.69) is 20.3 Å². The van der Waals surface area contributed by atoms with Gasteiger partial charge in [0.2, 0.25) is 10.0 Å². The molecule has 4 rings (SSSR count). The number of hydrogen-bond donors (Lipinski definition) is 5. The number of thiazole rings is 1. The molecular weight excluding hydrogens is 515 g/mol. The lowest BCUT2D eigenvalue weighted by molar-refractivity contribution is 0.0693. The Morgan fingerprint density at radius 1 is 1.14 bits per heavy atom. The molecule has 1 fully saturated rings. The second-order valence-corrected chi connectivity index (χ2v) is 10.9. The Morgan fingerprint density at radius 3 is 2.57 bits per heavy atom. The average Bonchev–Trinajstić information content (AvgIpc) is 3.45. The summed E-state index contributed by atoms with van der Waals surface area (Å²) in [6.45, 7) is 0. The van der Waals surface area contributed by atoms with Crippen LogP contribution in [-0.4, -0.2) is 40.7 Å². The van der Waals surface area contributed by atoms with Gasteiger partial charge in [-0.1, -0.05) is 12.8 Å². The second-order valence-electron chi connectivity index (χ2n) is 7.90. The molecule has 0 aliphatic heterocycles. The van der Waals surface area contributed by atoms with E-state index in [0.717, 1.165) is 31.7 Å². The highest BCUT2D eigenvalue weighted by Crippen LogP contribution is 2.29. The predicted octanol–water partition coefficient (Wildman–Crippen LogP) is 4.38. The van der Waals surface area contributed by atoms with Crippen LogP contribution in [0.5, 0.6) is 5.75 Å². The number of thiocarbonyl (C=S) groups is 1. The van der Waals surface area contributed by atoms with E-state index in [9.17, 15) is 22.7 Å². The zero-order chi connectivity index (χ0) is 25.2. The number of aromatic hydroxyl groups is 1. The molecule has 0 atom stereocenters. The third-order valence-corrected chi connectivity index (χ3v) is 7.90. The SMILES string of the molecule is O=C(O)c1ccc(NC(=S)Nc2nc(-c3ccc(F)c(S(=O)(=O)NC4CCCC4)c3)cs2)cc1O.